The molecule has 2 aromatic carbocycles. The molecular formula is C18H15N3O2. The number of nitrogens with zero attached hydrogens (tertiary/aromatic N) is 2. The van der Waals surface area contributed by atoms with Crippen LogP contribution < -0.4 is 5.43 Å². The van der Waals surface area contributed by atoms with Crippen LogP contribution in [0.2, 0.25) is 0 Å². The largest absolute Gasteiger partial charge is 0.508 e. The van der Waals surface area contributed by atoms with Gasteiger partial charge in [0.05, 0.1) is 5.70 Å². The van der Waals surface area contributed by atoms with Crippen LogP contribution in [-0.2, 0) is 0 Å². The van der Waals surface area contributed by atoms with E-state index in [9.17, 15) is 10.2 Å². The van der Waals surface area contributed by atoms with Gasteiger partial charge in [0.2, 0.25) is 0 Å². The summed E-state index contributed by atoms with van der Waals surface area (Å²) in [5.41, 5.74) is 7.27. The van der Waals surface area contributed by atoms with E-state index in [1.807, 2.05) is 41.6 Å². The van der Waals surface area contributed by atoms with E-state index >= 15 is 0 Å². The van der Waals surface area contributed by atoms with Gasteiger partial charge in [-0.15, -0.1) is 0 Å². The minimum atomic E-state index is -0.159. The Morgan fingerprint density at radius 2 is 1.48 bits per heavy atom. The molecule has 23 heavy (non-hydrogen) atoms. The molecule has 2 heterocycles. The van der Waals surface area contributed by atoms with E-state index in [4.69, 9.17) is 0 Å². The Labute approximate surface area is 133 Å². The summed E-state index contributed by atoms with van der Waals surface area (Å²) in [7, 11) is 0. The first-order valence-electron chi connectivity index (χ1n) is 7.30. The SMILES string of the molecule is Oc1ccc(C2=C(c3ccc(O)cc3)C3N=CC=CN3N2)cc1. The molecular weight excluding hydrogens is 290 g/mol. The van der Waals surface area contributed by atoms with E-state index in [0.29, 0.717) is 0 Å². The first-order chi connectivity index (χ1) is 11.2. The average Bonchev–Trinajstić information content (AvgIpc) is 2.96. The van der Waals surface area contributed by atoms with Crippen molar-refractivity contribution < 1.29 is 10.2 Å². The van der Waals surface area contributed by atoms with Gasteiger partial charge in [-0.2, -0.15) is 0 Å². The van der Waals surface area contributed by atoms with Crippen molar-refractivity contribution in [2.75, 3.05) is 0 Å². The van der Waals surface area contributed by atoms with E-state index in [2.05, 4.69) is 10.4 Å². The Bertz CT molecular complexity index is 820. The highest BCUT2D eigenvalue weighted by Crippen LogP contribution is 2.37. The summed E-state index contributed by atoms with van der Waals surface area (Å²) in [6.07, 6.45) is 5.43. The van der Waals surface area contributed by atoms with Crippen molar-refractivity contribution in [1.82, 2.24) is 10.4 Å². The zero-order valence-electron chi connectivity index (χ0n) is 12.2. The van der Waals surface area contributed by atoms with Crippen LogP contribution in [0, 0.1) is 0 Å². The quantitative estimate of drug-likeness (QED) is 0.798. The number of fused-ring (bicyclic) bond motifs is 1. The molecule has 0 spiro atoms. The number of hydrogen-bond donors (Lipinski definition) is 3. The second-order valence-electron chi connectivity index (χ2n) is 5.41. The number of rotatable bonds is 2. The van der Waals surface area contributed by atoms with Gasteiger partial charge in [-0.25, -0.2) is 0 Å². The molecule has 0 bridgehead atoms. The average molecular weight is 305 g/mol. The van der Waals surface area contributed by atoms with Gasteiger partial charge in [-0.1, -0.05) is 12.1 Å². The Hall–Kier alpha value is -3.21. The predicted octanol–water partition coefficient (Wildman–Crippen LogP) is 2.71. The third-order valence-corrected chi connectivity index (χ3v) is 3.93. The zero-order chi connectivity index (χ0) is 15.8. The Balaban J connectivity index is 1.87. The lowest BCUT2D eigenvalue weighted by Gasteiger charge is -2.23. The standard InChI is InChI=1S/C18H15N3O2/c22-14-6-2-12(3-7-14)16-17(13-4-8-15(23)9-5-13)20-21-11-1-10-19-18(16)21/h1-11,18,20,22-23H. The van der Waals surface area contributed by atoms with Gasteiger partial charge in [0.15, 0.2) is 6.17 Å². The van der Waals surface area contributed by atoms with Crippen molar-refractivity contribution in [1.29, 1.82) is 0 Å². The van der Waals surface area contributed by atoms with Crippen molar-refractivity contribution in [2.45, 2.75) is 6.17 Å². The second kappa shape index (κ2) is 5.21. The van der Waals surface area contributed by atoms with Crippen LogP contribution in [0.15, 0.2) is 65.8 Å². The van der Waals surface area contributed by atoms with Crippen LogP contribution in [0.5, 0.6) is 11.5 Å². The van der Waals surface area contributed by atoms with Gasteiger partial charge in [0.1, 0.15) is 11.5 Å². The molecule has 114 valence electrons. The van der Waals surface area contributed by atoms with E-state index in [1.165, 1.54) is 0 Å². The maximum Gasteiger partial charge on any atom is 0.167 e. The van der Waals surface area contributed by atoms with Crippen LogP contribution in [-0.4, -0.2) is 27.6 Å². The Morgan fingerprint density at radius 3 is 2.13 bits per heavy atom. The molecule has 0 aliphatic carbocycles. The number of aliphatic imine (C=N–C) groups is 1. The van der Waals surface area contributed by atoms with Crippen LogP contribution >= 0.6 is 0 Å². The highest BCUT2D eigenvalue weighted by molar-refractivity contribution is 5.95. The maximum absolute atomic E-state index is 9.53. The summed E-state index contributed by atoms with van der Waals surface area (Å²) >= 11 is 0. The summed E-state index contributed by atoms with van der Waals surface area (Å²) < 4.78 is 0. The molecule has 1 unspecified atom stereocenters. The van der Waals surface area contributed by atoms with Crippen LogP contribution in [0.1, 0.15) is 11.1 Å². The van der Waals surface area contributed by atoms with Gasteiger partial charge < -0.3 is 10.2 Å². The number of phenols is 2. The second-order valence-corrected chi connectivity index (χ2v) is 5.41. The molecule has 2 aromatic rings. The number of hydrazine groups is 1. The molecule has 2 aliphatic rings. The molecule has 2 aliphatic heterocycles. The van der Waals surface area contributed by atoms with Gasteiger partial charge in [-0.3, -0.25) is 15.4 Å². The summed E-state index contributed by atoms with van der Waals surface area (Å²) in [5, 5.41) is 21.0. The fraction of sp³-hybridized carbons (Fsp3) is 0.0556. The Kier molecular flexibility index (Phi) is 3.05. The minimum absolute atomic E-state index is 0.159. The van der Waals surface area contributed by atoms with E-state index in [0.717, 1.165) is 22.4 Å². The van der Waals surface area contributed by atoms with E-state index < -0.39 is 0 Å². The third kappa shape index (κ3) is 2.32. The number of benzene rings is 2. The summed E-state index contributed by atoms with van der Waals surface area (Å²) in [6, 6.07) is 14.1. The molecule has 0 aromatic heterocycles. The first kappa shape index (κ1) is 13.5. The lowest BCUT2D eigenvalue weighted by Crippen LogP contribution is -2.34. The lowest BCUT2D eigenvalue weighted by molar-refractivity contribution is 0.305. The highest BCUT2D eigenvalue weighted by Gasteiger charge is 2.32. The normalized spacial score (nSPS) is 19.0. The highest BCUT2D eigenvalue weighted by atomic mass is 16.3. The number of aromatic hydroxyl groups is 2. The van der Waals surface area contributed by atoms with Crippen molar-refractivity contribution >= 4 is 17.5 Å². The molecule has 5 nitrogen and oxygen atoms in total. The number of allylic oxidation sites excluding steroid dienone is 1. The Morgan fingerprint density at radius 1 is 0.870 bits per heavy atom. The fourth-order valence-electron chi connectivity index (χ4n) is 2.83. The van der Waals surface area contributed by atoms with E-state index in [1.54, 1.807) is 30.5 Å². The van der Waals surface area contributed by atoms with Crippen LogP contribution in [0.3, 0.4) is 0 Å². The monoisotopic (exact) mass is 305 g/mol. The van der Waals surface area contributed by atoms with Crippen LogP contribution in [0.25, 0.3) is 11.3 Å². The van der Waals surface area contributed by atoms with Gasteiger partial charge >= 0.3 is 0 Å². The van der Waals surface area contributed by atoms with Gasteiger partial charge in [0, 0.05) is 23.6 Å². The predicted molar refractivity (Wildman–Crippen MR) is 89.4 cm³/mol. The number of phenolic OH excluding ortho intramolecular Hbond substituents is 2. The first-order valence-corrected chi connectivity index (χ1v) is 7.30. The molecule has 5 heteroatoms. The summed E-state index contributed by atoms with van der Waals surface area (Å²) in [5.74, 6) is 0.463. The fourth-order valence-corrected chi connectivity index (χ4v) is 2.83. The third-order valence-electron chi connectivity index (χ3n) is 3.93. The lowest BCUT2D eigenvalue weighted by atomic mass is 9.98. The molecule has 0 fully saturated rings. The molecule has 0 amide bonds. The molecule has 0 saturated carbocycles. The number of hydrogen-bond acceptors (Lipinski definition) is 5. The molecule has 0 radical (unpaired) electrons. The van der Waals surface area contributed by atoms with Crippen LogP contribution in [0.4, 0.5) is 0 Å². The van der Waals surface area contributed by atoms with Crippen molar-refractivity contribution in [3.05, 3.63) is 71.9 Å². The molecule has 3 N–H and O–H groups in total. The van der Waals surface area contributed by atoms with Crippen molar-refractivity contribution in [3.63, 3.8) is 0 Å². The van der Waals surface area contributed by atoms with E-state index in [-0.39, 0.29) is 17.7 Å². The minimum Gasteiger partial charge on any atom is -0.508 e. The zero-order valence-corrected chi connectivity index (χ0v) is 12.2. The van der Waals surface area contributed by atoms with Crippen molar-refractivity contribution in [3.8, 4) is 11.5 Å². The molecule has 1 atom stereocenters. The van der Waals surface area contributed by atoms with Crippen molar-refractivity contribution in [2.24, 2.45) is 4.99 Å². The van der Waals surface area contributed by atoms with Gasteiger partial charge in [0.25, 0.3) is 0 Å². The molecule has 0 saturated heterocycles. The summed E-state index contributed by atoms with van der Waals surface area (Å²) in [4.78, 5) is 4.55. The van der Waals surface area contributed by atoms with Gasteiger partial charge in [-0.05, 0) is 48.0 Å². The number of nitrogens with one attached hydrogen (secondary N) is 1. The maximum atomic E-state index is 9.53. The molecule has 4 rings (SSSR count). The smallest absolute Gasteiger partial charge is 0.167 e. The summed E-state index contributed by atoms with van der Waals surface area (Å²) in [6.45, 7) is 0. The topological polar surface area (TPSA) is 68.1 Å².